The van der Waals surface area contributed by atoms with Gasteiger partial charge in [0, 0.05) is 23.6 Å². The molecule has 2 heterocycles. The molecule has 0 aliphatic carbocycles. The van der Waals surface area contributed by atoms with Gasteiger partial charge in [-0.15, -0.1) is 0 Å². The van der Waals surface area contributed by atoms with Crippen molar-refractivity contribution in [3.8, 4) is 0 Å². The molecule has 1 saturated heterocycles. The average molecular weight is 357 g/mol. The molecular formula is C14H16FN3O5S. The summed E-state index contributed by atoms with van der Waals surface area (Å²) in [7, 11) is -3.60. The van der Waals surface area contributed by atoms with Gasteiger partial charge in [-0.25, -0.2) is 12.8 Å². The zero-order valence-electron chi connectivity index (χ0n) is 12.8. The summed E-state index contributed by atoms with van der Waals surface area (Å²) < 4.78 is 44.6. The molecule has 0 unspecified atom stereocenters. The number of sulfone groups is 1. The molecule has 0 amide bonds. The standard InChI is InChI=1S/C14H16FN3O5S/c1-14(9-4-8(18(19)20)2-3-11(9)15)10-5-23-6-12(10)24(21,22)7-13(16)17-14/h2-4,10,12H,5-7H2,1H3,(H2,16,17)/t10-,12-,14+/m0/s1. The van der Waals surface area contributed by atoms with E-state index in [0.29, 0.717) is 0 Å². The second kappa shape index (κ2) is 5.49. The Hall–Kier alpha value is -2.07. The van der Waals surface area contributed by atoms with Crippen LogP contribution >= 0.6 is 0 Å². The van der Waals surface area contributed by atoms with E-state index in [-0.39, 0.29) is 30.3 Å². The van der Waals surface area contributed by atoms with Crippen molar-refractivity contribution in [2.45, 2.75) is 17.7 Å². The van der Waals surface area contributed by atoms with Crippen LogP contribution in [-0.2, 0) is 20.1 Å². The van der Waals surface area contributed by atoms with Crippen molar-refractivity contribution in [3.63, 3.8) is 0 Å². The van der Waals surface area contributed by atoms with E-state index in [0.717, 1.165) is 18.2 Å². The molecule has 0 radical (unpaired) electrons. The number of ether oxygens (including phenoxy) is 1. The molecule has 24 heavy (non-hydrogen) atoms. The van der Waals surface area contributed by atoms with Crippen LogP contribution in [0.5, 0.6) is 0 Å². The summed E-state index contributed by atoms with van der Waals surface area (Å²) in [6.45, 7) is 1.57. The van der Waals surface area contributed by atoms with Crippen LogP contribution in [0.3, 0.4) is 0 Å². The molecule has 8 nitrogen and oxygen atoms in total. The van der Waals surface area contributed by atoms with Crippen molar-refractivity contribution >= 4 is 21.4 Å². The number of nitro benzene ring substituents is 1. The van der Waals surface area contributed by atoms with Crippen LogP contribution in [0.4, 0.5) is 10.1 Å². The lowest BCUT2D eigenvalue weighted by molar-refractivity contribution is -0.385. The number of nitro groups is 1. The summed E-state index contributed by atoms with van der Waals surface area (Å²) in [5, 5.41) is 10.1. The molecule has 1 fully saturated rings. The number of hydrogen-bond donors (Lipinski definition) is 1. The normalized spacial score (nSPS) is 31.8. The fourth-order valence-corrected chi connectivity index (χ4v) is 5.25. The second-order valence-corrected chi connectivity index (χ2v) is 8.38. The summed E-state index contributed by atoms with van der Waals surface area (Å²) in [6.07, 6.45) is 0. The predicted molar refractivity (Wildman–Crippen MR) is 83.9 cm³/mol. The van der Waals surface area contributed by atoms with Crippen LogP contribution < -0.4 is 5.73 Å². The van der Waals surface area contributed by atoms with E-state index in [2.05, 4.69) is 4.99 Å². The highest BCUT2D eigenvalue weighted by Crippen LogP contribution is 2.44. The Labute approximate surface area is 137 Å². The third-order valence-corrected chi connectivity index (χ3v) is 6.73. The number of benzene rings is 1. The average Bonchev–Trinajstić information content (AvgIpc) is 2.94. The molecule has 10 heteroatoms. The molecule has 1 aromatic carbocycles. The van der Waals surface area contributed by atoms with Crippen molar-refractivity contribution in [1.82, 2.24) is 0 Å². The first kappa shape index (κ1) is 16.8. The highest BCUT2D eigenvalue weighted by molar-refractivity contribution is 7.92. The zero-order valence-corrected chi connectivity index (χ0v) is 13.6. The van der Waals surface area contributed by atoms with Crippen LogP contribution in [0.25, 0.3) is 0 Å². The molecule has 0 spiro atoms. The van der Waals surface area contributed by atoms with E-state index in [4.69, 9.17) is 10.5 Å². The topological polar surface area (TPSA) is 125 Å². The Kier molecular flexibility index (Phi) is 3.83. The third-order valence-electron chi connectivity index (χ3n) is 4.64. The van der Waals surface area contributed by atoms with Gasteiger partial charge in [0.15, 0.2) is 9.84 Å². The first-order chi connectivity index (χ1) is 11.1. The van der Waals surface area contributed by atoms with Crippen LogP contribution in [0, 0.1) is 21.8 Å². The van der Waals surface area contributed by atoms with Crippen molar-refractivity contribution in [3.05, 3.63) is 39.7 Å². The largest absolute Gasteiger partial charge is 0.387 e. The lowest BCUT2D eigenvalue weighted by Gasteiger charge is -2.33. The SMILES string of the molecule is C[C@]1(c2cc([N+](=O)[O-])ccc2F)N=C(N)CS(=O)(=O)[C@H]2COC[C@@H]21. The van der Waals surface area contributed by atoms with Gasteiger partial charge >= 0.3 is 0 Å². The number of nitrogens with zero attached hydrogens (tertiary/aromatic N) is 2. The summed E-state index contributed by atoms with van der Waals surface area (Å²) in [6, 6.07) is 3.11. The maximum atomic E-state index is 14.4. The van der Waals surface area contributed by atoms with Gasteiger partial charge in [0.1, 0.15) is 17.4 Å². The van der Waals surface area contributed by atoms with Gasteiger partial charge in [0.25, 0.3) is 5.69 Å². The Morgan fingerprint density at radius 2 is 2.17 bits per heavy atom. The Balaban J connectivity index is 2.23. The quantitative estimate of drug-likeness (QED) is 0.615. The fourth-order valence-electron chi connectivity index (χ4n) is 3.41. The highest BCUT2D eigenvalue weighted by atomic mass is 32.2. The number of rotatable bonds is 2. The molecule has 130 valence electrons. The first-order valence-corrected chi connectivity index (χ1v) is 8.94. The number of aliphatic imine (C=N–C) groups is 1. The van der Waals surface area contributed by atoms with Gasteiger partial charge in [0.2, 0.25) is 0 Å². The fraction of sp³-hybridized carbons (Fsp3) is 0.500. The molecule has 1 aromatic rings. The maximum Gasteiger partial charge on any atom is 0.270 e. The van der Waals surface area contributed by atoms with Gasteiger partial charge in [-0.3, -0.25) is 15.1 Å². The van der Waals surface area contributed by atoms with E-state index in [1.165, 1.54) is 6.92 Å². The lowest BCUT2D eigenvalue weighted by atomic mass is 9.78. The molecule has 0 aromatic heterocycles. The summed E-state index contributed by atoms with van der Waals surface area (Å²) in [4.78, 5) is 14.6. The van der Waals surface area contributed by atoms with Gasteiger partial charge < -0.3 is 10.5 Å². The van der Waals surface area contributed by atoms with Gasteiger partial charge in [-0.05, 0) is 13.0 Å². The molecular weight excluding hydrogens is 341 g/mol. The third kappa shape index (κ3) is 2.55. The van der Waals surface area contributed by atoms with Crippen LogP contribution in [-0.4, -0.2) is 43.4 Å². The number of fused-ring (bicyclic) bond motifs is 1. The van der Waals surface area contributed by atoms with Gasteiger partial charge in [0.05, 0.1) is 28.9 Å². The van der Waals surface area contributed by atoms with Crippen LogP contribution in [0.15, 0.2) is 23.2 Å². The van der Waals surface area contributed by atoms with E-state index >= 15 is 0 Å². The minimum Gasteiger partial charge on any atom is -0.387 e. The smallest absolute Gasteiger partial charge is 0.270 e. The first-order valence-electron chi connectivity index (χ1n) is 7.23. The predicted octanol–water partition coefficient (Wildman–Crippen LogP) is 0.750. The Morgan fingerprint density at radius 3 is 2.83 bits per heavy atom. The molecule has 2 aliphatic heterocycles. The van der Waals surface area contributed by atoms with Crippen molar-refractivity contribution in [2.75, 3.05) is 19.0 Å². The molecule has 3 rings (SSSR count). The van der Waals surface area contributed by atoms with Crippen molar-refractivity contribution in [1.29, 1.82) is 0 Å². The Morgan fingerprint density at radius 1 is 1.46 bits per heavy atom. The molecule has 0 saturated carbocycles. The number of halogens is 1. The van der Waals surface area contributed by atoms with E-state index < -0.39 is 43.0 Å². The summed E-state index contributed by atoms with van der Waals surface area (Å²) in [5.41, 5.74) is 4.02. The van der Waals surface area contributed by atoms with Gasteiger partial charge in [-0.1, -0.05) is 0 Å². The molecule has 2 aliphatic rings. The minimum absolute atomic E-state index is 0.0259. The highest BCUT2D eigenvalue weighted by Gasteiger charge is 2.52. The molecule has 0 bridgehead atoms. The summed E-state index contributed by atoms with van der Waals surface area (Å²) >= 11 is 0. The maximum absolute atomic E-state index is 14.4. The van der Waals surface area contributed by atoms with E-state index in [1.54, 1.807) is 0 Å². The minimum atomic E-state index is -3.60. The van der Waals surface area contributed by atoms with E-state index in [9.17, 15) is 22.9 Å². The van der Waals surface area contributed by atoms with Crippen molar-refractivity contribution in [2.24, 2.45) is 16.6 Å². The number of non-ortho nitro benzene ring substituents is 1. The molecule has 2 N–H and O–H groups in total. The van der Waals surface area contributed by atoms with Crippen LogP contribution in [0.1, 0.15) is 12.5 Å². The van der Waals surface area contributed by atoms with Crippen molar-refractivity contribution < 1.29 is 22.5 Å². The number of hydrogen-bond acceptors (Lipinski definition) is 7. The summed E-state index contributed by atoms with van der Waals surface area (Å²) in [5.74, 6) is -1.97. The lowest BCUT2D eigenvalue weighted by Crippen LogP contribution is -2.40. The monoisotopic (exact) mass is 357 g/mol. The molecule has 3 atom stereocenters. The second-order valence-electron chi connectivity index (χ2n) is 6.16. The zero-order chi connectivity index (χ0) is 17.7. The number of nitrogens with two attached hydrogens (primary N) is 1. The van der Waals surface area contributed by atoms with Gasteiger partial charge in [-0.2, -0.15) is 0 Å². The van der Waals surface area contributed by atoms with Crippen LogP contribution in [0.2, 0.25) is 0 Å². The number of amidine groups is 1. The Bertz CT molecular complexity index is 841. The van der Waals surface area contributed by atoms with E-state index in [1.807, 2.05) is 0 Å².